The van der Waals surface area contributed by atoms with Gasteiger partial charge in [-0.2, -0.15) is 4.91 Å². The van der Waals surface area contributed by atoms with E-state index in [1.165, 1.54) is 186 Å². The molecular weight excluding hydrogens is 438 g/mol. The summed E-state index contributed by atoms with van der Waals surface area (Å²) >= 11 is 0. The molecule has 0 rings (SSSR count). The van der Waals surface area contributed by atoms with Crippen LogP contribution in [0.4, 0.5) is 0 Å². The molecule has 0 spiro atoms. The van der Waals surface area contributed by atoms with Crippen LogP contribution in [0.5, 0.6) is 0 Å². The molecule has 0 aromatic heterocycles. The number of nitrogens with zero attached hydrogens (tertiary/aromatic N) is 1. The Morgan fingerprint density at radius 2 is 0.528 bits per heavy atom. The zero-order valence-electron chi connectivity index (χ0n) is 25.4. The highest BCUT2D eigenvalue weighted by Crippen LogP contribution is 2.18. The smallest absolute Gasteiger partial charge is 0.0919 e. The van der Waals surface area contributed by atoms with E-state index in [1.54, 1.807) is 0 Å². The van der Waals surface area contributed by atoms with Gasteiger partial charge in [0.25, 0.3) is 0 Å². The summed E-state index contributed by atoms with van der Waals surface area (Å²) < 4.78 is 0. The molecule has 0 aromatic carbocycles. The lowest BCUT2D eigenvalue weighted by molar-refractivity contribution is 0.477. The predicted octanol–water partition coefficient (Wildman–Crippen LogP) is 13.3. The van der Waals surface area contributed by atoms with E-state index in [9.17, 15) is 4.91 Å². The van der Waals surface area contributed by atoms with Crippen LogP contribution in [0.15, 0.2) is 5.18 Å². The molecule has 2 nitrogen and oxygen atoms in total. The van der Waals surface area contributed by atoms with Crippen LogP contribution in [0.3, 0.4) is 0 Å². The Kier molecular flexibility index (Phi) is 32.3. The largest absolute Gasteiger partial charge is 0.151 e. The fraction of sp³-hybridized carbons (Fsp3) is 1.00. The molecular formula is C34H69NO. The Hall–Kier alpha value is -0.400. The van der Waals surface area contributed by atoms with Crippen LogP contribution in [-0.4, -0.2) is 6.04 Å². The Balaban J connectivity index is 3.26. The lowest BCUT2D eigenvalue weighted by Gasteiger charge is -2.09. The molecule has 0 fully saturated rings. The van der Waals surface area contributed by atoms with Crippen LogP contribution in [0.1, 0.15) is 213 Å². The number of hydrogen-bond donors (Lipinski definition) is 0. The molecule has 0 saturated carbocycles. The SMILES string of the molecule is CCCCCCCCCCCCCCCCCC(CCCCCCCCCCCCCCCC)N=O. The first-order chi connectivity index (χ1) is 17.8. The second-order valence-corrected chi connectivity index (χ2v) is 11.9. The van der Waals surface area contributed by atoms with Gasteiger partial charge in [0.05, 0.1) is 6.04 Å². The highest BCUT2D eigenvalue weighted by Gasteiger charge is 2.08. The van der Waals surface area contributed by atoms with Crippen molar-refractivity contribution in [1.29, 1.82) is 0 Å². The quantitative estimate of drug-likeness (QED) is 0.0657. The van der Waals surface area contributed by atoms with Crippen molar-refractivity contribution in [1.82, 2.24) is 0 Å². The van der Waals surface area contributed by atoms with Crippen molar-refractivity contribution < 1.29 is 0 Å². The van der Waals surface area contributed by atoms with Gasteiger partial charge < -0.3 is 0 Å². The van der Waals surface area contributed by atoms with Crippen LogP contribution in [-0.2, 0) is 0 Å². The highest BCUT2D eigenvalue weighted by molar-refractivity contribution is 4.66. The van der Waals surface area contributed by atoms with Crippen LogP contribution in [0.2, 0.25) is 0 Å². The van der Waals surface area contributed by atoms with E-state index >= 15 is 0 Å². The third kappa shape index (κ3) is 29.8. The summed E-state index contributed by atoms with van der Waals surface area (Å²) in [6, 6.07) is 0.0873. The summed E-state index contributed by atoms with van der Waals surface area (Å²) in [5.74, 6) is 0. The third-order valence-electron chi connectivity index (χ3n) is 8.18. The molecule has 0 amide bonds. The average molecular weight is 508 g/mol. The lowest BCUT2D eigenvalue weighted by atomic mass is 10.00. The predicted molar refractivity (Wildman–Crippen MR) is 164 cm³/mol. The molecule has 0 bridgehead atoms. The first-order valence-corrected chi connectivity index (χ1v) is 17.2. The van der Waals surface area contributed by atoms with Crippen molar-refractivity contribution in [3.05, 3.63) is 4.91 Å². The normalized spacial score (nSPS) is 12.3. The van der Waals surface area contributed by atoms with Gasteiger partial charge in [0.1, 0.15) is 0 Å². The molecule has 0 saturated heterocycles. The van der Waals surface area contributed by atoms with Crippen molar-refractivity contribution in [2.45, 2.75) is 219 Å². The number of nitroso groups, excluding NO2 is 1. The molecule has 0 aliphatic rings. The first-order valence-electron chi connectivity index (χ1n) is 17.2. The number of unbranched alkanes of at least 4 members (excludes halogenated alkanes) is 27. The molecule has 0 radical (unpaired) electrons. The molecule has 1 atom stereocenters. The fourth-order valence-electron chi connectivity index (χ4n) is 5.58. The minimum atomic E-state index is 0.0873. The zero-order valence-corrected chi connectivity index (χ0v) is 25.4. The summed E-state index contributed by atoms with van der Waals surface area (Å²) in [7, 11) is 0. The van der Waals surface area contributed by atoms with Gasteiger partial charge >= 0.3 is 0 Å². The second kappa shape index (κ2) is 32.6. The lowest BCUT2D eigenvalue weighted by Crippen LogP contribution is -2.03. The standard InChI is InChI=1S/C34H69NO/c1-3-5-7-9-11-13-15-17-19-21-23-25-27-29-31-33-34(35-36)32-30-28-26-24-22-20-18-16-14-12-10-8-6-4-2/h34H,3-33H2,1-2H3. The molecule has 0 aliphatic heterocycles. The van der Waals surface area contributed by atoms with Gasteiger partial charge in [0, 0.05) is 0 Å². The van der Waals surface area contributed by atoms with Crippen LogP contribution < -0.4 is 0 Å². The first kappa shape index (κ1) is 35.6. The van der Waals surface area contributed by atoms with E-state index in [-0.39, 0.29) is 6.04 Å². The molecule has 0 aromatic rings. The molecule has 216 valence electrons. The van der Waals surface area contributed by atoms with Gasteiger partial charge in [-0.1, -0.05) is 205 Å². The molecule has 1 unspecified atom stereocenters. The topological polar surface area (TPSA) is 29.4 Å². The van der Waals surface area contributed by atoms with Crippen LogP contribution in [0.25, 0.3) is 0 Å². The van der Waals surface area contributed by atoms with E-state index in [0.717, 1.165) is 12.8 Å². The van der Waals surface area contributed by atoms with Gasteiger partial charge in [0.15, 0.2) is 0 Å². The summed E-state index contributed by atoms with van der Waals surface area (Å²) in [6.07, 6.45) is 42.5. The van der Waals surface area contributed by atoms with E-state index in [4.69, 9.17) is 0 Å². The molecule has 36 heavy (non-hydrogen) atoms. The van der Waals surface area contributed by atoms with Crippen molar-refractivity contribution in [3.8, 4) is 0 Å². The Morgan fingerprint density at radius 3 is 0.722 bits per heavy atom. The second-order valence-electron chi connectivity index (χ2n) is 11.9. The van der Waals surface area contributed by atoms with Gasteiger partial charge in [-0.25, -0.2) is 0 Å². The van der Waals surface area contributed by atoms with Gasteiger partial charge in [-0.05, 0) is 12.8 Å². The van der Waals surface area contributed by atoms with Crippen molar-refractivity contribution >= 4 is 0 Å². The average Bonchev–Trinajstić information content (AvgIpc) is 2.89. The van der Waals surface area contributed by atoms with Crippen LogP contribution in [0, 0.1) is 4.91 Å². The van der Waals surface area contributed by atoms with E-state index in [2.05, 4.69) is 19.0 Å². The van der Waals surface area contributed by atoms with E-state index in [1.807, 2.05) is 0 Å². The van der Waals surface area contributed by atoms with Crippen molar-refractivity contribution in [2.24, 2.45) is 5.18 Å². The third-order valence-corrected chi connectivity index (χ3v) is 8.18. The summed E-state index contributed by atoms with van der Waals surface area (Å²) in [4.78, 5) is 11.2. The molecule has 2 heteroatoms. The summed E-state index contributed by atoms with van der Waals surface area (Å²) in [6.45, 7) is 4.58. The van der Waals surface area contributed by atoms with E-state index < -0.39 is 0 Å². The van der Waals surface area contributed by atoms with Gasteiger partial charge in [-0.15, -0.1) is 0 Å². The molecule has 0 heterocycles. The maximum absolute atomic E-state index is 11.2. The van der Waals surface area contributed by atoms with Crippen molar-refractivity contribution in [3.63, 3.8) is 0 Å². The monoisotopic (exact) mass is 508 g/mol. The minimum Gasteiger partial charge on any atom is -0.151 e. The number of hydrogen-bond acceptors (Lipinski definition) is 2. The Bertz CT molecular complexity index is 397. The van der Waals surface area contributed by atoms with Crippen molar-refractivity contribution in [2.75, 3.05) is 0 Å². The Morgan fingerprint density at radius 1 is 0.333 bits per heavy atom. The van der Waals surface area contributed by atoms with Gasteiger partial charge in [0.2, 0.25) is 0 Å². The number of rotatable bonds is 32. The maximum Gasteiger partial charge on any atom is 0.0919 e. The molecule has 0 aliphatic carbocycles. The summed E-state index contributed by atoms with van der Waals surface area (Å²) in [5, 5.41) is 3.44. The minimum absolute atomic E-state index is 0.0873. The summed E-state index contributed by atoms with van der Waals surface area (Å²) in [5.41, 5.74) is 0. The van der Waals surface area contributed by atoms with Gasteiger partial charge in [-0.3, -0.25) is 0 Å². The highest BCUT2D eigenvalue weighted by atomic mass is 16.3. The van der Waals surface area contributed by atoms with E-state index in [0.29, 0.717) is 0 Å². The fourth-order valence-corrected chi connectivity index (χ4v) is 5.58. The maximum atomic E-state index is 11.2. The van der Waals surface area contributed by atoms with Crippen LogP contribution >= 0.6 is 0 Å². The Labute approximate surface area is 228 Å². The zero-order chi connectivity index (χ0) is 26.2. The molecule has 0 N–H and O–H groups in total.